The molecule has 0 atom stereocenters. The van der Waals surface area contributed by atoms with Gasteiger partial charge in [0.2, 0.25) is 0 Å². The number of carbonyl (C=O) groups is 2. The van der Waals surface area contributed by atoms with Crippen molar-refractivity contribution < 1.29 is 74.9 Å². The third kappa shape index (κ3) is 24.1. The van der Waals surface area contributed by atoms with Crippen molar-refractivity contribution >= 4 is 23.3 Å². The predicted molar refractivity (Wildman–Crippen MR) is 190 cm³/mol. The second kappa shape index (κ2) is 30.9. The van der Waals surface area contributed by atoms with E-state index >= 15 is 0 Å². The van der Waals surface area contributed by atoms with E-state index in [4.69, 9.17) is 52.1 Å². The number of hydrogen-bond donors (Lipinski definition) is 1. The van der Waals surface area contributed by atoms with Crippen LogP contribution in [0.4, 0.5) is 24.5 Å². The Kier molecular flexibility index (Phi) is 26.7. The minimum absolute atomic E-state index is 0.00664. The zero-order chi connectivity index (χ0) is 39.0. The van der Waals surface area contributed by atoms with Gasteiger partial charge in [0.1, 0.15) is 6.61 Å². The third-order valence-corrected chi connectivity index (χ3v) is 6.81. The van der Waals surface area contributed by atoms with Crippen molar-refractivity contribution in [3.8, 4) is 0 Å². The van der Waals surface area contributed by atoms with Crippen LogP contribution in [0.1, 0.15) is 29.3 Å². The SMILES string of the molecule is CCOC(=O)CCOCCOCCOCCOCCOCCOCCOCCOCCOCCOC(=O)c1ccccc1Nc1cccc(C(F)(F)F)c1. The molecule has 0 saturated carbocycles. The molecular formula is C37H54F3NO13. The first-order valence-corrected chi connectivity index (χ1v) is 17.9. The third-order valence-electron chi connectivity index (χ3n) is 6.81. The monoisotopic (exact) mass is 777 g/mol. The Labute approximate surface area is 314 Å². The molecule has 306 valence electrons. The molecule has 0 saturated heterocycles. The highest BCUT2D eigenvalue weighted by Crippen LogP contribution is 2.32. The molecule has 0 aliphatic carbocycles. The lowest BCUT2D eigenvalue weighted by Crippen LogP contribution is -2.16. The van der Waals surface area contributed by atoms with Gasteiger partial charge in [-0.1, -0.05) is 18.2 Å². The van der Waals surface area contributed by atoms with E-state index in [1.165, 1.54) is 18.2 Å². The number of ether oxygens (including phenoxy) is 11. The topological polar surface area (TPSA) is 148 Å². The fraction of sp³-hybridized carbons (Fsp3) is 0.622. The van der Waals surface area contributed by atoms with Crippen molar-refractivity contribution in [3.05, 3.63) is 59.7 Å². The number of alkyl halides is 3. The average molecular weight is 778 g/mol. The van der Waals surface area contributed by atoms with Crippen LogP contribution in [0.3, 0.4) is 0 Å². The molecule has 0 aromatic heterocycles. The molecule has 1 N–H and O–H groups in total. The molecule has 0 bridgehead atoms. The second-order valence-electron chi connectivity index (χ2n) is 11.0. The quantitative estimate of drug-likeness (QED) is 0.0773. The second-order valence-corrected chi connectivity index (χ2v) is 11.0. The number of hydrogen-bond acceptors (Lipinski definition) is 14. The van der Waals surface area contributed by atoms with Crippen molar-refractivity contribution in [3.63, 3.8) is 0 Å². The Morgan fingerprint density at radius 1 is 0.537 bits per heavy atom. The van der Waals surface area contributed by atoms with Crippen LogP contribution in [-0.2, 0) is 63.1 Å². The Morgan fingerprint density at radius 2 is 0.963 bits per heavy atom. The van der Waals surface area contributed by atoms with Crippen molar-refractivity contribution in [2.24, 2.45) is 0 Å². The zero-order valence-electron chi connectivity index (χ0n) is 30.9. The Hall–Kier alpha value is -3.39. The van der Waals surface area contributed by atoms with Crippen molar-refractivity contribution in [2.75, 3.05) is 137 Å². The van der Waals surface area contributed by atoms with Gasteiger partial charge in [0, 0.05) is 5.69 Å². The van der Waals surface area contributed by atoms with E-state index in [0.717, 1.165) is 12.1 Å². The first kappa shape index (κ1) is 46.8. The van der Waals surface area contributed by atoms with Gasteiger partial charge in [-0.25, -0.2) is 4.79 Å². The summed E-state index contributed by atoms with van der Waals surface area (Å²) in [6, 6.07) is 11.1. The van der Waals surface area contributed by atoms with Gasteiger partial charge in [-0.15, -0.1) is 0 Å². The average Bonchev–Trinajstić information content (AvgIpc) is 3.15. The van der Waals surface area contributed by atoms with E-state index in [2.05, 4.69) is 5.32 Å². The zero-order valence-corrected chi connectivity index (χ0v) is 30.9. The summed E-state index contributed by atoms with van der Waals surface area (Å²) in [6.07, 6.45) is -4.24. The molecule has 2 rings (SSSR count). The molecule has 0 radical (unpaired) electrons. The minimum atomic E-state index is -4.48. The molecule has 17 heteroatoms. The van der Waals surface area contributed by atoms with Crippen LogP contribution in [0.15, 0.2) is 48.5 Å². The number of anilines is 2. The van der Waals surface area contributed by atoms with Crippen LogP contribution >= 0.6 is 0 Å². The van der Waals surface area contributed by atoms with Gasteiger partial charge < -0.3 is 57.4 Å². The van der Waals surface area contributed by atoms with Crippen LogP contribution in [0.5, 0.6) is 0 Å². The highest BCUT2D eigenvalue weighted by atomic mass is 19.4. The van der Waals surface area contributed by atoms with E-state index in [-0.39, 0.29) is 36.9 Å². The molecular weight excluding hydrogens is 723 g/mol. The molecule has 0 aliphatic heterocycles. The highest BCUT2D eigenvalue weighted by molar-refractivity contribution is 5.96. The lowest BCUT2D eigenvalue weighted by Gasteiger charge is -2.13. The van der Waals surface area contributed by atoms with E-state index in [1.807, 2.05) is 0 Å². The molecule has 14 nitrogen and oxygen atoms in total. The van der Waals surface area contributed by atoms with Crippen LogP contribution in [0.25, 0.3) is 0 Å². The Morgan fingerprint density at radius 3 is 1.41 bits per heavy atom. The molecule has 0 aliphatic rings. The highest BCUT2D eigenvalue weighted by Gasteiger charge is 2.30. The fourth-order valence-corrected chi connectivity index (χ4v) is 4.22. The first-order chi connectivity index (χ1) is 26.3. The molecule has 0 fully saturated rings. The van der Waals surface area contributed by atoms with E-state index in [9.17, 15) is 22.8 Å². The standard InChI is InChI=1S/C37H54F3NO13/c1-2-53-35(42)10-11-44-12-13-45-14-15-46-16-17-47-18-19-48-20-21-49-22-23-50-24-25-51-26-27-52-28-29-54-36(43)33-8-3-4-9-34(33)41-32-7-5-6-31(30-32)37(38,39)40/h3-9,30,41H,2,10-29H2,1H3. The van der Waals surface area contributed by atoms with E-state index < -0.39 is 17.7 Å². The summed E-state index contributed by atoms with van der Waals surface area (Å²) in [7, 11) is 0. The molecule has 0 amide bonds. The summed E-state index contributed by atoms with van der Waals surface area (Å²) in [4.78, 5) is 23.7. The normalized spacial score (nSPS) is 11.5. The maximum atomic E-state index is 13.0. The van der Waals surface area contributed by atoms with Gasteiger partial charge >= 0.3 is 18.1 Å². The molecule has 0 spiro atoms. The first-order valence-electron chi connectivity index (χ1n) is 17.9. The van der Waals surface area contributed by atoms with Gasteiger partial charge in [0.05, 0.1) is 149 Å². The summed E-state index contributed by atoms with van der Waals surface area (Å²) < 4.78 is 98.0. The number of para-hydroxylation sites is 1. The van der Waals surface area contributed by atoms with Crippen molar-refractivity contribution in [2.45, 2.75) is 19.5 Å². The van der Waals surface area contributed by atoms with Crippen LogP contribution < -0.4 is 5.32 Å². The summed E-state index contributed by atoms with van der Waals surface area (Å²) in [5, 5.41) is 2.85. The summed E-state index contributed by atoms with van der Waals surface area (Å²) >= 11 is 0. The lowest BCUT2D eigenvalue weighted by atomic mass is 10.1. The number of rotatable bonds is 34. The van der Waals surface area contributed by atoms with Gasteiger partial charge in [-0.05, 0) is 37.3 Å². The summed E-state index contributed by atoms with van der Waals surface area (Å²) in [6.45, 7) is 9.28. The van der Waals surface area contributed by atoms with Crippen LogP contribution in [-0.4, -0.2) is 144 Å². The van der Waals surface area contributed by atoms with Crippen molar-refractivity contribution in [1.29, 1.82) is 0 Å². The van der Waals surface area contributed by atoms with Gasteiger partial charge in [0.15, 0.2) is 0 Å². The number of esters is 2. The smallest absolute Gasteiger partial charge is 0.416 e. The van der Waals surface area contributed by atoms with Gasteiger partial charge in [-0.2, -0.15) is 13.2 Å². The summed E-state index contributed by atoms with van der Waals surface area (Å²) in [5.74, 6) is -0.900. The maximum Gasteiger partial charge on any atom is 0.416 e. The number of benzene rings is 2. The van der Waals surface area contributed by atoms with E-state index in [1.54, 1.807) is 25.1 Å². The largest absolute Gasteiger partial charge is 0.466 e. The minimum Gasteiger partial charge on any atom is -0.466 e. The fourth-order valence-electron chi connectivity index (χ4n) is 4.22. The Bertz CT molecular complexity index is 1260. The Balaban J connectivity index is 1.30. The molecule has 0 unspecified atom stereocenters. The van der Waals surface area contributed by atoms with Gasteiger partial charge in [-0.3, -0.25) is 4.79 Å². The predicted octanol–water partition coefficient (Wildman–Crippen LogP) is 4.71. The lowest BCUT2D eigenvalue weighted by molar-refractivity contribution is -0.144. The summed E-state index contributed by atoms with van der Waals surface area (Å²) in [5.41, 5.74) is -0.105. The molecule has 54 heavy (non-hydrogen) atoms. The van der Waals surface area contributed by atoms with E-state index in [0.29, 0.717) is 125 Å². The number of halogens is 3. The van der Waals surface area contributed by atoms with Gasteiger partial charge in [0.25, 0.3) is 0 Å². The number of carbonyl (C=O) groups excluding carboxylic acids is 2. The number of nitrogens with one attached hydrogen (secondary N) is 1. The van der Waals surface area contributed by atoms with Crippen molar-refractivity contribution in [1.82, 2.24) is 0 Å². The molecule has 2 aromatic carbocycles. The molecule has 0 heterocycles. The van der Waals surface area contributed by atoms with Crippen LogP contribution in [0, 0.1) is 0 Å². The maximum absolute atomic E-state index is 13.0. The van der Waals surface area contributed by atoms with Crippen LogP contribution in [0.2, 0.25) is 0 Å². The molecule has 2 aromatic rings.